The number of benzene rings is 3. The predicted octanol–water partition coefficient (Wildman–Crippen LogP) is 6.05. The van der Waals surface area contributed by atoms with Crippen LogP contribution in [-0.2, 0) is 24.9 Å². The molecule has 0 bridgehead atoms. The Morgan fingerprint density at radius 1 is 0.921 bits per heavy atom. The number of aliphatic hydroxyl groups is 1. The van der Waals surface area contributed by atoms with Gasteiger partial charge in [-0.1, -0.05) is 86.6 Å². The highest BCUT2D eigenvalue weighted by Gasteiger charge is 2.24. The summed E-state index contributed by atoms with van der Waals surface area (Å²) in [5.74, 6) is 0.532. The molecule has 4 rings (SSSR count). The van der Waals surface area contributed by atoms with Crippen LogP contribution in [0.15, 0.2) is 84.9 Å². The Morgan fingerprint density at radius 2 is 1.58 bits per heavy atom. The van der Waals surface area contributed by atoms with Gasteiger partial charge in [0.1, 0.15) is 5.69 Å². The van der Waals surface area contributed by atoms with Crippen molar-refractivity contribution in [2.45, 2.75) is 33.1 Å². The Bertz CT molecular complexity index is 1280. The minimum atomic E-state index is -0.676. The molecule has 0 spiro atoms. The maximum atomic E-state index is 14.5. The number of hydrogen-bond acceptors (Lipinski definition) is 5. The highest BCUT2D eigenvalue weighted by Crippen LogP contribution is 2.35. The van der Waals surface area contributed by atoms with E-state index in [1.165, 1.54) is 6.07 Å². The fourth-order valence-corrected chi connectivity index (χ4v) is 4.46. The molecule has 1 heterocycles. The molecule has 1 aromatic heterocycles. The van der Waals surface area contributed by atoms with Gasteiger partial charge in [-0.3, -0.25) is 4.90 Å². The molecule has 0 saturated carbocycles. The van der Waals surface area contributed by atoms with Crippen LogP contribution in [0.5, 0.6) is 11.6 Å². The summed E-state index contributed by atoms with van der Waals surface area (Å²) in [7, 11) is 1.80. The van der Waals surface area contributed by atoms with Crippen molar-refractivity contribution in [1.29, 1.82) is 0 Å². The first-order valence-electron chi connectivity index (χ1n) is 13.0. The number of aliphatic hydroxyl groups excluding tert-OH is 1. The molecule has 3 aromatic carbocycles. The molecule has 0 saturated heterocycles. The second-order valence-electron chi connectivity index (χ2n) is 9.90. The van der Waals surface area contributed by atoms with Gasteiger partial charge in [-0.2, -0.15) is 5.10 Å². The van der Waals surface area contributed by atoms with Crippen LogP contribution in [0.25, 0.3) is 11.3 Å². The van der Waals surface area contributed by atoms with Crippen molar-refractivity contribution in [2.24, 2.45) is 13.0 Å². The molecule has 0 amide bonds. The molecule has 0 unspecified atom stereocenters. The van der Waals surface area contributed by atoms with Gasteiger partial charge in [-0.25, -0.2) is 9.07 Å². The Morgan fingerprint density at radius 3 is 2.26 bits per heavy atom. The van der Waals surface area contributed by atoms with Gasteiger partial charge >= 0.3 is 0 Å². The summed E-state index contributed by atoms with van der Waals surface area (Å²) in [6, 6.07) is 26.1. The van der Waals surface area contributed by atoms with Gasteiger partial charge in [0.05, 0.1) is 24.9 Å². The molecule has 0 aliphatic heterocycles. The van der Waals surface area contributed by atoms with Gasteiger partial charge < -0.3 is 14.6 Å². The van der Waals surface area contributed by atoms with Crippen molar-refractivity contribution in [3.8, 4) is 22.9 Å². The van der Waals surface area contributed by atoms with Crippen molar-refractivity contribution in [1.82, 2.24) is 14.7 Å². The average molecular weight is 518 g/mol. The van der Waals surface area contributed by atoms with Crippen LogP contribution < -0.4 is 4.74 Å². The highest BCUT2D eigenvalue weighted by atomic mass is 19.1. The van der Waals surface area contributed by atoms with E-state index in [4.69, 9.17) is 14.6 Å². The number of aromatic nitrogens is 2. The van der Waals surface area contributed by atoms with Crippen molar-refractivity contribution in [3.05, 3.63) is 102 Å². The number of rotatable bonds is 13. The van der Waals surface area contributed by atoms with Crippen molar-refractivity contribution in [3.63, 3.8) is 0 Å². The van der Waals surface area contributed by atoms with E-state index in [1.54, 1.807) is 29.9 Å². The van der Waals surface area contributed by atoms with Crippen LogP contribution in [-0.4, -0.2) is 45.6 Å². The average Bonchev–Trinajstić information content (AvgIpc) is 3.20. The van der Waals surface area contributed by atoms with Crippen LogP contribution in [0.3, 0.4) is 0 Å². The minimum Gasteiger partial charge on any atom is -0.436 e. The lowest BCUT2D eigenvalue weighted by molar-refractivity contribution is 0.00671. The summed E-state index contributed by atoms with van der Waals surface area (Å²) >= 11 is 0. The third-order valence-electron chi connectivity index (χ3n) is 6.07. The van der Waals surface area contributed by atoms with Gasteiger partial charge in [-0.15, -0.1) is 0 Å². The van der Waals surface area contributed by atoms with Gasteiger partial charge in [0.25, 0.3) is 0 Å². The summed E-state index contributed by atoms with van der Waals surface area (Å²) in [5, 5.41) is 15.6. The van der Waals surface area contributed by atoms with Crippen LogP contribution in [0.1, 0.15) is 25.0 Å². The second kappa shape index (κ2) is 13.3. The number of hydrogen-bond donors (Lipinski definition) is 1. The van der Waals surface area contributed by atoms with Crippen molar-refractivity contribution < 1.29 is 19.0 Å². The lowest BCUT2D eigenvalue weighted by atomic mass is 10.1. The van der Waals surface area contributed by atoms with E-state index < -0.39 is 11.9 Å². The maximum Gasteiger partial charge on any atom is 0.222 e. The van der Waals surface area contributed by atoms with Gasteiger partial charge in [0.2, 0.25) is 5.88 Å². The van der Waals surface area contributed by atoms with Gasteiger partial charge in [0.15, 0.2) is 11.6 Å². The monoisotopic (exact) mass is 517 g/mol. The fourth-order valence-electron chi connectivity index (χ4n) is 4.46. The summed E-state index contributed by atoms with van der Waals surface area (Å²) in [6.07, 6.45) is -0.676. The molecule has 1 N–H and O–H groups in total. The van der Waals surface area contributed by atoms with E-state index in [2.05, 4.69) is 18.7 Å². The standard InChI is InChI=1S/C31H36FN3O3/c1-23(2)18-35(19-26(36)22-37-21-24-12-6-4-7-13-24)20-27-30(25-14-8-5-9-15-25)33-34(3)31(27)38-29-17-11-10-16-28(29)32/h4-17,23,26,36H,18-22H2,1-3H3/t26-/m1/s1. The minimum absolute atomic E-state index is 0.140. The number of aryl methyl sites for hydroxylation is 1. The summed E-state index contributed by atoms with van der Waals surface area (Å²) < 4.78 is 28.1. The first-order chi connectivity index (χ1) is 18.4. The molecular weight excluding hydrogens is 481 g/mol. The zero-order chi connectivity index (χ0) is 26.9. The van der Waals surface area contributed by atoms with Crippen LogP contribution in [0, 0.1) is 11.7 Å². The Hall–Kier alpha value is -3.52. The van der Waals surface area contributed by atoms with Gasteiger partial charge in [-0.05, 0) is 23.6 Å². The number of ether oxygens (including phenoxy) is 2. The fraction of sp³-hybridized carbons (Fsp3) is 0.323. The summed E-state index contributed by atoms with van der Waals surface area (Å²) in [4.78, 5) is 2.18. The first kappa shape index (κ1) is 27.5. The number of halogens is 1. The van der Waals surface area contributed by atoms with Crippen LogP contribution >= 0.6 is 0 Å². The normalized spacial score (nSPS) is 12.3. The van der Waals surface area contributed by atoms with E-state index >= 15 is 0 Å². The second-order valence-corrected chi connectivity index (χ2v) is 9.90. The van der Waals surface area contributed by atoms with Gasteiger partial charge in [0, 0.05) is 32.2 Å². The molecule has 1 atom stereocenters. The Labute approximate surface area is 224 Å². The van der Waals surface area contributed by atoms with E-state index in [0.29, 0.717) is 31.5 Å². The van der Waals surface area contributed by atoms with E-state index in [9.17, 15) is 9.50 Å². The molecule has 200 valence electrons. The zero-order valence-electron chi connectivity index (χ0n) is 22.3. The molecule has 0 aliphatic rings. The molecule has 6 nitrogen and oxygen atoms in total. The Balaban J connectivity index is 1.57. The largest absolute Gasteiger partial charge is 0.436 e. The molecule has 0 fully saturated rings. The third kappa shape index (κ3) is 7.51. The first-order valence-corrected chi connectivity index (χ1v) is 13.0. The lowest BCUT2D eigenvalue weighted by Gasteiger charge is -2.27. The quantitative estimate of drug-likeness (QED) is 0.234. The molecular formula is C31H36FN3O3. The van der Waals surface area contributed by atoms with E-state index in [1.807, 2.05) is 60.7 Å². The predicted molar refractivity (Wildman–Crippen MR) is 147 cm³/mol. The van der Waals surface area contributed by atoms with E-state index in [-0.39, 0.29) is 12.4 Å². The molecule has 7 heteroatoms. The molecule has 4 aromatic rings. The lowest BCUT2D eigenvalue weighted by Crippen LogP contribution is -2.37. The van der Waals surface area contributed by atoms with Crippen LogP contribution in [0.4, 0.5) is 4.39 Å². The van der Waals surface area contributed by atoms with E-state index in [0.717, 1.165) is 28.9 Å². The van der Waals surface area contributed by atoms with Crippen molar-refractivity contribution >= 4 is 0 Å². The van der Waals surface area contributed by atoms with Crippen LogP contribution in [0.2, 0.25) is 0 Å². The molecule has 0 aliphatic carbocycles. The summed E-state index contributed by atoms with van der Waals surface area (Å²) in [5.41, 5.74) is 3.61. The molecule has 0 radical (unpaired) electrons. The topological polar surface area (TPSA) is 59.8 Å². The smallest absolute Gasteiger partial charge is 0.222 e. The Kier molecular flexibility index (Phi) is 9.65. The zero-order valence-corrected chi connectivity index (χ0v) is 22.3. The SMILES string of the molecule is CC(C)CN(Cc1c(-c2ccccc2)nn(C)c1Oc1ccccc1F)C[C@@H](O)COCc1ccccc1. The number of nitrogens with zero attached hydrogens (tertiary/aromatic N) is 3. The van der Waals surface area contributed by atoms with Crippen molar-refractivity contribution in [2.75, 3.05) is 19.7 Å². The number of para-hydroxylation sites is 1. The highest BCUT2D eigenvalue weighted by molar-refractivity contribution is 5.65. The maximum absolute atomic E-state index is 14.5. The third-order valence-corrected chi connectivity index (χ3v) is 6.07. The summed E-state index contributed by atoms with van der Waals surface area (Å²) in [6.45, 7) is 6.58. The molecule has 38 heavy (non-hydrogen) atoms.